The molecule has 0 atom stereocenters. The van der Waals surface area contributed by atoms with Gasteiger partial charge in [-0.15, -0.1) is 0 Å². The first-order valence-electron chi connectivity index (χ1n) is 6.86. The van der Waals surface area contributed by atoms with Gasteiger partial charge >= 0.3 is 0 Å². The molecule has 0 aliphatic rings. The van der Waals surface area contributed by atoms with E-state index in [2.05, 4.69) is 41.5 Å². The zero-order valence-corrected chi connectivity index (χ0v) is 14.7. The normalized spacial score (nSPS) is 12.8. The Balaban J connectivity index is 4.98. The van der Waals surface area contributed by atoms with E-state index in [0.717, 1.165) is 0 Å². The summed E-state index contributed by atoms with van der Waals surface area (Å²) in [5.74, 6) is 0. The number of rotatable bonds is 8. The third kappa shape index (κ3) is 3.30. The van der Waals surface area contributed by atoms with E-state index in [9.17, 15) is 0 Å². The SMILES string of the molecule is CC[Si](CC)[Si](CC)(CC)[Si](CC)CC. The molecule has 0 aliphatic carbocycles. The van der Waals surface area contributed by atoms with Crippen LogP contribution in [0.25, 0.3) is 0 Å². The van der Waals surface area contributed by atoms with E-state index in [-0.39, 0.29) is 16.6 Å². The Hall–Kier alpha value is 0.651. The number of hydrogen-bond acceptors (Lipinski definition) is 0. The third-order valence-corrected chi connectivity index (χ3v) is 35.8. The lowest BCUT2D eigenvalue weighted by Gasteiger charge is -2.41. The van der Waals surface area contributed by atoms with Gasteiger partial charge in [0.2, 0.25) is 0 Å². The second-order valence-electron chi connectivity index (χ2n) is 4.41. The van der Waals surface area contributed by atoms with E-state index in [0.29, 0.717) is 0 Å². The smallest absolute Gasteiger partial charge is 0.0372 e. The van der Waals surface area contributed by atoms with E-state index in [1.54, 1.807) is 36.3 Å². The summed E-state index contributed by atoms with van der Waals surface area (Å²) in [6.07, 6.45) is 0. The first-order chi connectivity index (χ1) is 7.16. The van der Waals surface area contributed by atoms with Crippen LogP contribution in [-0.2, 0) is 0 Å². The molecule has 0 aromatic carbocycles. The van der Waals surface area contributed by atoms with Crippen LogP contribution in [0, 0.1) is 0 Å². The molecular formula is C12H30Si3. The van der Waals surface area contributed by atoms with Crippen LogP contribution in [0.2, 0.25) is 36.3 Å². The molecule has 0 rings (SSSR count). The summed E-state index contributed by atoms with van der Waals surface area (Å²) < 4.78 is 0. The maximum atomic E-state index is 2.52. The fraction of sp³-hybridized carbons (Fsp3) is 1.00. The second-order valence-corrected chi connectivity index (χ2v) is 24.7. The lowest BCUT2D eigenvalue weighted by Crippen LogP contribution is -2.61. The van der Waals surface area contributed by atoms with Gasteiger partial charge in [0, 0.05) is 23.7 Å². The van der Waals surface area contributed by atoms with Crippen LogP contribution >= 0.6 is 0 Å². The Morgan fingerprint density at radius 1 is 0.600 bits per heavy atom. The first kappa shape index (κ1) is 15.7. The molecule has 0 unspecified atom stereocenters. The highest BCUT2D eigenvalue weighted by Gasteiger charge is 2.42. The zero-order valence-electron chi connectivity index (χ0n) is 11.7. The van der Waals surface area contributed by atoms with Gasteiger partial charge in [0.25, 0.3) is 0 Å². The topological polar surface area (TPSA) is 0 Å². The summed E-state index contributed by atoms with van der Waals surface area (Å²) in [6, 6.07) is 9.36. The van der Waals surface area contributed by atoms with Crippen molar-refractivity contribution in [3.8, 4) is 0 Å². The fourth-order valence-corrected chi connectivity index (χ4v) is 36.5. The minimum Gasteiger partial charge on any atom is -0.0682 e. The Morgan fingerprint density at radius 3 is 1.00 bits per heavy atom. The molecule has 90 valence electrons. The van der Waals surface area contributed by atoms with Crippen molar-refractivity contribution in [2.24, 2.45) is 0 Å². The van der Waals surface area contributed by atoms with Crippen LogP contribution in [0.4, 0.5) is 0 Å². The van der Waals surface area contributed by atoms with E-state index < -0.39 is 7.11 Å². The van der Waals surface area contributed by atoms with Gasteiger partial charge in [-0.05, 0) is 0 Å². The van der Waals surface area contributed by atoms with Crippen molar-refractivity contribution in [2.45, 2.75) is 77.8 Å². The van der Waals surface area contributed by atoms with Gasteiger partial charge in [-0.1, -0.05) is 77.8 Å². The molecule has 0 amide bonds. The van der Waals surface area contributed by atoms with E-state index in [4.69, 9.17) is 0 Å². The Labute approximate surface area is 102 Å². The second kappa shape index (κ2) is 7.85. The molecular weight excluding hydrogens is 228 g/mol. The zero-order chi connectivity index (χ0) is 11.9. The fourth-order valence-electron chi connectivity index (χ4n) is 3.35. The molecule has 0 bridgehead atoms. The van der Waals surface area contributed by atoms with Crippen LogP contribution < -0.4 is 0 Å². The average Bonchev–Trinajstić information content (AvgIpc) is 2.29. The summed E-state index contributed by atoms with van der Waals surface area (Å²) in [7, 11) is -0.721. The highest BCUT2D eigenvalue weighted by Crippen LogP contribution is 2.29. The van der Waals surface area contributed by atoms with Crippen molar-refractivity contribution >= 4 is 23.7 Å². The van der Waals surface area contributed by atoms with Crippen molar-refractivity contribution in [1.82, 2.24) is 0 Å². The summed E-state index contributed by atoms with van der Waals surface area (Å²) in [5, 5.41) is 0. The lowest BCUT2D eigenvalue weighted by molar-refractivity contribution is 1.25. The molecule has 0 spiro atoms. The highest BCUT2D eigenvalue weighted by molar-refractivity contribution is 7.60. The Bertz CT molecular complexity index is 133. The van der Waals surface area contributed by atoms with Gasteiger partial charge in [-0.2, -0.15) is 0 Å². The van der Waals surface area contributed by atoms with Gasteiger partial charge in [0.15, 0.2) is 0 Å². The van der Waals surface area contributed by atoms with Crippen molar-refractivity contribution in [3.05, 3.63) is 0 Å². The predicted molar refractivity (Wildman–Crippen MR) is 80.1 cm³/mol. The lowest BCUT2D eigenvalue weighted by atomic mass is 10.9. The van der Waals surface area contributed by atoms with Gasteiger partial charge in [0.1, 0.15) is 0 Å². The largest absolute Gasteiger partial charge is 0.0682 e. The van der Waals surface area contributed by atoms with Crippen LogP contribution in [0.3, 0.4) is 0 Å². The van der Waals surface area contributed by atoms with Gasteiger partial charge in [-0.3, -0.25) is 0 Å². The molecule has 0 saturated carbocycles. The van der Waals surface area contributed by atoms with E-state index in [1.807, 2.05) is 0 Å². The highest BCUT2D eigenvalue weighted by atomic mass is 29.6. The molecule has 0 saturated heterocycles. The molecule has 0 aromatic heterocycles. The Kier molecular flexibility index (Phi) is 8.19. The molecule has 0 N–H and O–H groups in total. The van der Waals surface area contributed by atoms with Gasteiger partial charge in [0.05, 0.1) is 0 Å². The van der Waals surface area contributed by atoms with E-state index >= 15 is 0 Å². The summed E-state index contributed by atoms with van der Waals surface area (Å²) in [5.41, 5.74) is 0. The first-order valence-corrected chi connectivity index (χ1v) is 15.1. The standard InChI is InChI=1S/C12H30Si3/c1-7-13(8-2)15(11-5,12-6)14(9-3)10-4/h7-12H2,1-6H3. The minimum absolute atomic E-state index is 0.0386. The molecule has 0 heterocycles. The molecule has 0 aromatic rings. The maximum Gasteiger partial charge on any atom is 0.0372 e. The summed E-state index contributed by atoms with van der Waals surface area (Å²) >= 11 is 0. The predicted octanol–water partition coefficient (Wildman–Crippen LogP) is 4.70. The average molecular weight is 259 g/mol. The van der Waals surface area contributed by atoms with Crippen molar-refractivity contribution in [2.75, 3.05) is 0 Å². The number of hydrogen-bond donors (Lipinski definition) is 0. The quantitative estimate of drug-likeness (QED) is 0.554. The third-order valence-electron chi connectivity index (χ3n) is 4.27. The molecule has 2 radical (unpaired) electrons. The van der Waals surface area contributed by atoms with Crippen LogP contribution in [-0.4, -0.2) is 23.7 Å². The van der Waals surface area contributed by atoms with Crippen molar-refractivity contribution in [3.63, 3.8) is 0 Å². The van der Waals surface area contributed by atoms with Gasteiger partial charge in [-0.25, -0.2) is 0 Å². The maximum absolute atomic E-state index is 2.52. The molecule has 0 nitrogen and oxygen atoms in total. The molecule has 0 aliphatic heterocycles. The minimum atomic E-state index is -0.799. The van der Waals surface area contributed by atoms with Gasteiger partial charge < -0.3 is 0 Å². The van der Waals surface area contributed by atoms with Crippen molar-refractivity contribution < 1.29 is 0 Å². The summed E-state index contributed by atoms with van der Waals surface area (Å²) in [4.78, 5) is 0. The molecule has 3 heteroatoms. The van der Waals surface area contributed by atoms with Crippen LogP contribution in [0.5, 0.6) is 0 Å². The Morgan fingerprint density at radius 2 is 0.867 bits per heavy atom. The van der Waals surface area contributed by atoms with Crippen molar-refractivity contribution in [1.29, 1.82) is 0 Å². The molecule has 15 heavy (non-hydrogen) atoms. The van der Waals surface area contributed by atoms with Crippen LogP contribution in [0.15, 0.2) is 0 Å². The van der Waals surface area contributed by atoms with E-state index in [1.165, 1.54) is 0 Å². The summed E-state index contributed by atoms with van der Waals surface area (Å²) in [6.45, 7) is 14.9. The monoisotopic (exact) mass is 258 g/mol. The van der Waals surface area contributed by atoms with Crippen LogP contribution in [0.1, 0.15) is 41.5 Å². The molecule has 0 fully saturated rings.